The smallest absolute Gasteiger partial charge is 0.253 e. The molecule has 0 unspecified atom stereocenters. The van der Waals surface area contributed by atoms with E-state index < -0.39 is 9.84 Å². The number of amides is 3. The maximum atomic E-state index is 13.7. The van der Waals surface area contributed by atoms with Crippen molar-refractivity contribution < 1.29 is 37.0 Å². The molecule has 0 spiro atoms. The molecule has 3 aromatic rings. The molecule has 5 rings (SSSR count). The van der Waals surface area contributed by atoms with Crippen molar-refractivity contribution in [2.75, 3.05) is 73.4 Å². The maximum Gasteiger partial charge on any atom is 0.253 e. The molecule has 2 aliphatic rings. The molecule has 49 heavy (non-hydrogen) atoms. The van der Waals surface area contributed by atoms with E-state index >= 15 is 0 Å². The number of rotatable bonds is 5. The molecule has 262 valence electrons. The highest BCUT2D eigenvalue weighted by molar-refractivity contribution is 7.90. The summed E-state index contributed by atoms with van der Waals surface area (Å²) in [6, 6.07) is 15.1. The summed E-state index contributed by atoms with van der Waals surface area (Å²) in [5.74, 6) is 1.05. The second-order valence-corrected chi connectivity index (χ2v) is 14.6. The van der Waals surface area contributed by atoms with E-state index in [1.807, 2.05) is 31.1 Å². The standard InChI is InChI=1S/C36H44N4O8S/c1-38(2)24-33(41)40-16-18-48-34-28(23-40)19-27-22-32(34)47-17-8-15-39(36(43)26-9-7-10-29(20-26)49(4,44)45)14-6-5-13-37-35(42)25-11-12-31(46-3)30(27)21-25/h7,9-12,19-22H,5-6,8,13-18,23-24H2,1-4H3,(H,37,42). The van der Waals surface area contributed by atoms with Crippen LogP contribution in [0.25, 0.3) is 11.1 Å². The fourth-order valence-corrected chi connectivity index (χ4v) is 6.60. The number of sulfone groups is 1. The first kappa shape index (κ1) is 35.7. The van der Waals surface area contributed by atoms with Crippen LogP contribution in [0, 0.1) is 0 Å². The molecule has 0 radical (unpaired) electrons. The van der Waals surface area contributed by atoms with Crippen molar-refractivity contribution in [2.24, 2.45) is 0 Å². The summed E-state index contributed by atoms with van der Waals surface area (Å²) in [6.45, 7) is 2.70. The van der Waals surface area contributed by atoms with Crippen LogP contribution >= 0.6 is 0 Å². The van der Waals surface area contributed by atoms with Gasteiger partial charge in [0.05, 0.1) is 31.7 Å². The fraction of sp³-hybridized carbons (Fsp3) is 0.417. The minimum Gasteiger partial charge on any atom is -0.496 e. The normalized spacial score (nSPS) is 16.0. The summed E-state index contributed by atoms with van der Waals surface area (Å²) in [5, 5.41) is 2.98. The number of methoxy groups -OCH3 is 1. The molecule has 0 aromatic heterocycles. The molecule has 3 aromatic carbocycles. The molecule has 1 N–H and O–H groups in total. The van der Waals surface area contributed by atoms with Crippen LogP contribution in [0.5, 0.6) is 17.2 Å². The Balaban J connectivity index is 1.49. The van der Waals surface area contributed by atoms with Crippen LogP contribution in [0.1, 0.15) is 45.5 Å². The monoisotopic (exact) mass is 692 g/mol. The number of nitrogens with zero attached hydrogens (tertiary/aromatic N) is 3. The Hall–Kier alpha value is -4.62. The SMILES string of the molecule is COc1ccc2cc1-c1cc3c(c(c1)OCCCN(C(=O)c1cccc(S(C)(=O)=O)c1)CCCCNC2=O)OCCN(C(=O)CN(C)C)C3. The van der Waals surface area contributed by atoms with Crippen molar-refractivity contribution in [3.63, 3.8) is 0 Å². The van der Waals surface area contributed by atoms with Gasteiger partial charge in [-0.1, -0.05) is 6.07 Å². The van der Waals surface area contributed by atoms with Gasteiger partial charge in [0.2, 0.25) is 5.91 Å². The number of hydrogen-bond acceptors (Lipinski definition) is 9. The summed E-state index contributed by atoms with van der Waals surface area (Å²) in [5.41, 5.74) is 2.93. The third kappa shape index (κ3) is 8.90. The molecule has 0 aliphatic carbocycles. The summed E-state index contributed by atoms with van der Waals surface area (Å²) < 4.78 is 42.6. The highest BCUT2D eigenvalue weighted by Gasteiger charge is 2.26. The van der Waals surface area contributed by atoms with Gasteiger partial charge in [0.25, 0.3) is 11.8 Å². The van der Waals surface area contributed by atoms with Crippen molar-refractivity contribution in [3.8, 4) is 28.4 Å². The minimum absolute atomic E-state index is 0.0251. The quantitative estimate of drug-likeness (QED) is 0.427. The van der Waals surface area contributed by atoms with Crippen molar-refractivity contribution in [1.29, 1.82) is 0 Å². The zero-order valence-electron chi connectivity index (χ0n) is 28.5. The van der Waals surface area contributed by atoms with Gasteiger partial charge < -0.3 is 34.2 Å². The van der Waals surface area contributed by atoms with Crippen LogP contribution < -0.4 is 19.5 Å². The van der Waals surface area contributed by atoms with Gasteiger partial charge >= 0.3 is 0 Å². The highest BCUT2D eigenvalue weighted by atomic mass is 32.2. The Bertz CT molecular complexity index is 1810. The van der Waals surface area contributed by atoms with Crippen molar-refractivity contribution in [3.05, 3.63) is 71.3 Å². The van der Waals surface area contributed by atoms with Crippen LogP contribution in [0.4, 0.5) is 0 Å². The van der Waals surface area contributed by atoms with Gasteiger partial charge in [-0.2, -0.15) is 0 Å². The van der Waals surface area contributed by atoms with E-state index in [9.17, 15) is 22.8 Å². The summed E-state index contributed by atoms with van der Waals surface area (Å²) >= 11 is 0. The van der Waals surface area contributed by atoms with E-state index in [1.54, 1.807) is 47.2 Å². The molecular weight excluding hydrogens is 648 g/mol. The number of ether oxygens (including phenoxy) is 3. The average Bonchev–Trinajstić information content (AvgIpc) is 3.30. The molecule has 0 saturated carbocycles. The zero-order chi connectivity index (χ0) is 35.1. The summed E-state index contributed by atoms with van der Waals surface area (Å²) in [6.07, 6.45) is 2.85. The lowest BCUT2D eigenvalue weighted by molar-refractivity contribution is -0.132. The molecule has 0 saturated heterocycles. The predicted molar refractivity (Wildman–Crippen MR) is 185 cm³/mol. The Morgan fingerprint density at radius 2 is 1.71 bits per heavy atom. The van der Waals surface area contributed by atoms with Crippen LogP contribution in [-0.2, 0) is 21.2 Å². The second-order valence-electron chi connectivity index (χ2n) is 12.5. The topological polar surface area (TPSA) is 135 Å². The Labute approximate surface area is 287 Å². The van der Waals surface area contributed by atoms with E-state index in [4.69, 9.17) is 14.2 Å². The van der Waals surface area contributed by atoms with E-state index in [0.717, 1.165) is 17.4 Å². The first-order valence-electron chi connectivity index (χ1n) is 16.4. The minimum atomic E-state index is -3.49. The Morgan fingerprint density at radius 1 is 0.918 bits per heavy atom. The van der Waals surface area contributed by atoms with Gasteiger partial charge in [0, 0.05) is 54.7 Å². The first-order valence-corrected chi connectivity index (χ1v) is 18.2. The van der Waals surface area contributed by atoms with Crippen molar-refractivity contribution >= 4 is 27.6 Å². The first-order chi connectivity index (χ1) is 23.4. The van der Waals surface area contributed by atoms with E-state index in [1.165, 1.54) is 12.1 Å². The second kappa shape index (κ2) is 15.7. The molecule has 0 atom stereocenters. The van der Waals surface area contributed by atoms with Crippen LogP contribution in [0.2, 0.25) is 0 Å². The van der Waals surface area contributed by atoms with Crippen molar-refractivity contribution in [2.45, 2.75) is 30.7 Å². The van der Waals surface area contributed by atoms with E-state index in [0.29, 0.717) is 80.4 Å². The molecule has 0 fully saturated rings. The van der Waals surface area contributed by atoms with E-state index in [2.05, 4.69) is 5.32 Å². The third-order valence-electron chi connectivity index (χ3n) is 8.44. The highest BCUT2D eigenvalue weighted by Crippen LogP contribution is 2.41. The number of hydrogen-bond donors (Lipinski definition) is 1. The Morgan fingerprint density at radius 3 is 2.47 bits per heavy atom. The predicted octanol–water partition coefficient (Wildman–Crippen LogP) is 3.48. The van der Waals surface area contributed by atoms with Gasteiger partial charge in [0.15, 0.2) is 21.3 Å². The van der Waals surface area contributed by atoms with Gasteiger partial charge in [-0.05, 0) is 87.5 Å². The van der Waals surface area contributed by atoms with Crippen molar-refractivity contribution in [1.82, 2.24) is 20.0 Å². The fourth-order valence-electron chi connectivity index (χ4n) is 5.93. The number of nitrogens with one attached hydrogen (secondary N) is 1. The molecule has 4 bridgehead atoms. The lowest BCUT2D eigenvalue weighted by Gasteiger charge is -2.24. The molecule has 13 heteroatoms. The van der Waals surface area contributed by atoms with Crippen LogP contribution in [0.15, 0.2) is 59.5 Å². The van der Waals surface area contributed by atoms with Gasteiger partial charge in [-0.15, -0.1) is 0 Å². The van der Waals surface area contributed by atoms with Gasteiger partial charge in [-0.3, -0.25) is 14.4 Å². The van der Waals surface area contributed by atoms with Gasteiger partial charge in [-0.25, -0.2) is 8.42 Å². The third-order valence-corrected chi connectivity index (χ3v) is 9.55. The molecule has 12 nitrogen and oxygen atoms in total. The lowest BCUT2D eigenvalue weighted by Crippen LogP contribution is -2.38. The number of benzene rings is 3. The summed E-state index contributed by atoms with van der Waals surface area (Å²) in [4.78, 5) is 45.4. The molecule has 2 heterocycles. The molecule has 3 amide bonds. The average molecular weight is 693 g/mol. The number of carbonyl (C=O) groups excluding carboxylic acids is 3. The number of fused-ring (bicyclic) bond motifs is 7. The molecule has 2 aliphatic heterocycles. The largest absolute Gasteiger partial charge is 0.496 e. The maximum absolute atomic E-state index is 13.7. The lowest BCUT2D eigenvalue weighted by atomic mass is 9.98. The van der Waals surface area contributed by atoms with E-state index in [-0.39, 0.29) is 47.9 Å². The summed E-state index contributed by atoms with van der Waals surface area (Å²) in [7, 11) is 1.78. The van der Waals surface area contributed by atoms with Crippen LogP contribution in [0.3, 0.4) is 0 Å². The Kier molecular flexibility index (Phi) is 11.5. The number of carbonyl (C=O) groups is 3. The zero-order valence-corrected chi connectivity index (χ0v) is 29.3. The van der Waals surface area contributed by atoms with Crippen LogP contribution in [-0.4, -0.2) is 114 Å². The van der Waals surface area contributed by atoms with Gasteiger partial charge in [0.1, 0.15) is 12.4 Å². The number of likely N-dealkylation sites (N-methyl/N-ethyl adjacent to an activating group) is 1. The molecular formula is C36H44N4O8S.